The van der Waals surface area contributed by atoms with Crippen LogP contribution in [0.4, 0.5) is 0 Å². The molecule has 1 N–H and O–H groups in total. The fourth-order valence-electron chi connectivity index (χ4n) is 3.27. The van der Waals surface area contributed by atoms with Crippen LogP contribution in [0.2, 0.25) is 0 Å². The van der Waals surface area contributed by atoms with Gasteiger partial charge in [0.15, 0.2) is 0 Å². The summed E-state index contributed by atoms with van der Waals surface area (Å²) in [4.78, 5) is 4.70. The van der Waals surface area contributed by atoms with Gasteiger partial charge in [-0.3, -0.25) is 0 Å². The average Bonchev–Trinajstić information content (AvgIpc) is 2.44. The smallest absolute Gasteiger partial charge is 0.0919 e. The number of benzene rings is 1. The van der Waals surface area contributed by atoms with E-state index in [2.05, 4.69) is 55.9 Å². The fourth-order valence-corrected chi connectivity index (χ4v) is 3.27. The molecule has 3 nitrogen and oxygen atoms in total. The van der Waals surface area contributed by atoms with Gasteiger partial charge in [0.05, 0.1) is 6.10 Å². The van der Waals surface area contributed by atoms with Gasteiger partial charge >= 0.3 is 0 Å². The number of aryl methyl sites for hydroxylation is 2. The summed E-state index contributed by atoms with van der Waals surface area (Å²) in [6, 6.07) is 6.32. The first kappa shape index (κ1) is 16.5. The molecule has 1 aromatic carbocycles. The number of rotatable bonds is 5. The molecule has 1 aromatic rings. The van der Waals surface area contributed by atoms with Crippen LogP contribution in [-0.4, -0.2) is 55.2 Å². The van der Waals surface area contributed by atoms with E-state index in [1.54, 1.807) is 0 Å². The number of likely N-dealkylation sites (tertiary alicyclic amines) is 1. The second kappa shape index (κ2) is 7.39. The van der Waals surface area contributed by atoms with Crippen molar-refractivity contribution in [2.24, 2.45) is 5.92 Å². The summed E-state index contributed by atoms with van der Waals surface area (Å²) in [6.07, 6.45) is 2.17. The van der Waals surface area contributed by atoms with E-state index in [0.29, 0.717) is 0 Å². The van der Waals surface area contributed by atoms with Crippen LogP contribution in [0.15, 0.2) is 18.2 Å². The Labute approximate surface area is 129 Å². The van der Waals surface area contributed by atoms with Crippen LogP contribution in [0.3, 0.4) is 0 Å². The van der Waals surface area contributed by atoms with Gasteiger partial charge in [0.1, 0.15) is 0 Å². The van der Waals surface area contributed by atoms with Crippen LogP contribution in [0.1, 0.15) is 35.6 Å². The van der Waals surface area contributed by atoms with Crippen molar-refractivity contribution < 1.29 is 5.11 Å². The Morgan fingerprint density at radius 1 is 1.29 bits per heavy atom. The third-order valence-corrected chi connectivity index (χ3v) is 4.69. The SMILES string of the molecule is Cc1ccc(C)c(C(O)CN(C)CC2CCN(C)CC2)c1. The highest BCUT2D eigenvalue weighted by atomic mass is 16.3. The molecule has 1 aliphatic rings. The summed E-state index contributed by atoms with van der Waals surface area (Å²) in [6.45, 7) is 8.38. The summed E-state index contributed by atoms with van der Waals surface area (Å²) in [5.74, 6) is 0.775. The molecule has 0 radical (unpaired) electrons. The molecule has 1 aliphatic heterocycles. The maximum Gasteiger partial charge on any atom is 0.0919 e. The predicted octanol–water partition coefficient (Wildman–Crippen LogP) is 2.61. The first-order valence-electron chi connectivity index (χ1n) is 8.08. The molecule has 0 aromatic heterocycles. The van der Waals surface area contributed by atoms with Gasteiger partial charge in [-0.2, -0.15) is 0 Å². The lowest BCUT2D eigenvalue weighted by Crippen LogP contribution is -2.37. The van der Waals surface area contributed by atoms with Crippen LogP contribution < -0.4 is 0 Å². The third kappa shape index (κ3) is 4.80. The van der Waals surface area contributed by atoms with Crippen molar-refractivity contribution in [1.29, 1.82) is 0 Å². The fraction of sp³-hybridized carbons (Fsp3) is 0.667. The summed E-state index contributed by atoms with van der Waals surface area (Å²) in [5, 5.41) is 10.5. The van der Waals surface area contributed by atoms with E-state index in [4.69, 9.17) is 0 Å². The monoisotopic (exact) mass is 290 g/mol. The molecule has 21 heavy (non-hydrogen) atoms. The highest BCUT2D eigenvalue weighted by Crippen LogP contribution is 2.22. The molecular formula is C18H30N2O. The molecule has 0 spiro atoms. The normalized spacial score (nSPS) is 19.1. The van der Waals surface area contributed by atoms with Crippen LogP contribution in [0, 0.1) is 19.8 Å². The van der Waals surface area contributed by atoms with Crippen molar-refractivity contribution in [3.05, 3.63) is 34.9 Å². The second-order valence-electron chi connectivity index (χ2n) is 6.84. The van der Waals surface area contributed by atoms with E-state index in [0.717, 1.165) is 24.6 Å². The second-order valence-corrected chi connectivity index (χ2v) is 6.84. The summed E-state index contributed by atoms with van der Waals surface area (Å²) in [7, 11) is 4.33. The molecule has 0 bridgehead atoms. The zero-order chi connectivity index (χ0) is 15.4. The highest BCUT2D eigenvalue weighted by molar-refractivity contribution is 5.32. The van der Waals surface area contributed by atoms with Gasteiger partial charge in [-0.15, -0.1) is 0 Å². The Hall–Kier alpha value is -0.900. The van der Waals surface area contributed by atoms with E-state index >= 15 is 0 Å². The number of aliphatic hydroxyl groups excluding tert-OH is 1. The Balaban J connectivity index is 1.87. The molecule has 3 heteroatoms. The number of nitrogens with zero attached hydrogens (tertiary/aromatic N) is 2. The van der Waals surface area contributed by atoms with Gasteiger partial charge in [-0.05, 0) is 70.9 Å². The predicted molar refractivity (Wildman–Crippen MR) is 88.6 cm³/mol. The number of likely N-dealkylation sites (N-methyl/N-ethyl adjacent to an activating group) is 1. The van der Waals surface area contributed by atoms with Crippen molar-refractivity contribution in [2.75, 3.05) is 40.3 Å². The maximum atomic E-state index is 10.5. The van der Waals surface area contributed by atoms with Crippen LogP contribution in [-0.2, 0) is 0 Å². The van der Waals surface area contributed by atoms with Crippen molar-refractivity contribution in [1.82, 2.24) is 9.80 Å². The maximum absolute atomic E-state index is 10.5. The summed E-state index contributed by atoms with van der Waals surface area (Å²) >= 11 is 0. The molecule has 0 amide bonds. The number of piperidine rings is 1. The molecule has 1 unspecified atom stereocenters. The molecular weight excluding hydrogens is 260 g/mol. The van der Waals surface area contributed by atoms with E-state index in [1.165, 1.54) is 37.1 Å². The molecule has 1 saturated heterocycles. The van der Waals surface area contributed by atoms with E-state index < -0.39 is 0 Å². The van der Waals surface area contributed by atoms with Crippen LogP contribution >= 0.6 is 0 Å². The van der Waals surface area contributed by atoms with E-state index in [9.17, 15) is 5.11 Å². The average molecular weight is 290 g/mol. The highest BCUT2D eigenvalue weighted by Gasteiger charge is 2.20. The molecule has 2 rings (SSSR count). The Bertz CT molecular complexity index is 453. The Morgan fingerprint density at radius 3 is 2.62 bits per heavy atom. The quantitative estimate of drug-likeness (QED) is 0.903. The standard InChI is InChI=1S/C18H30N2O/c1-14-5-6-15(2)17(11-14)18(21)13-20(4)12-16-7-9-19(3)10-8-16/h5-6,11,16,18,21H,7-10,12-13H2,1-4H3. The molecule has 1 heterocycles. The van der Waals surface area contributed by atoms with Crippen molar-refractivity contribution in [3.63, 3.8) is 0 Å². The topological polar surface area (TPSA) is 26.7 Å². The van der Waals surface area contributed by atoms with Gasteiger partial charge in [0.25, 0.3) is 0 Å². The van der Waals surface area contributed by atoms with Crippen LogP contribution in [0.5, 0.6) is 0 Å². The van der Waals surface area contributed by atoms with Gasteiger partial charge in [-0.1, -0.05) is 23.8 Å². The van der Waals surface area contributed by atoms with Crippen molar-refractivity contribution >= 4 is 0 Å². The zero-order valence-corrected chi connectivity index (χ0v) is 14.0. The Morgan fingerprint density at radius 2 is 1.95 bits per heavy atom. The Kier molecular flexibility index (Phi) is 5.80. The number of aliphatic hydroxyl groups is 1. The van der Waals surface area contributed by atoms with Crippen molar-refractivity contribution in [3.8, 4) is 0 Å². The lowest BCUT2D eigenvalue weighted by atomic mass is 9.96. The zero-order valence-electron chi connectivity index (χ0n) is 14.0. The summed E-state index contributed by atoms with van der Waals surface area (Å²) in [5.41, 5.74) is 3.47. The molecule has 118 valence electrons. The first-order chi connectivity index (χ1) is 9.95. The minimum Gasteiger partial charge on any atom is -0.387 e. The summed E-state index contributed by atoms with van der Waals surface area (Å²) < 4.78 is 0. The first-order valence-corrected chi connectivity index (χ1v) is 8.08. The van der Waals surface area contributed by atoms with E-state index in [1.807, 2.05) is 0 Å². The van der Waals surface area contributed by atoms with Crippen molar-refractivity contribution in [2.45, 2.75) is 32.8 Å². The van der Waals surface area contributed by atoms with Gasteiger partial charge in [0, 0.05) is 13.1 Å². The minimum atomic E-state index is -0.388. The van der Waals surface area contributed by atoms with Gasteiger partial charge < -0.3 is 14.9 Å². The molecule has 0 aliphatic carbocycles. The number of hydrogen-bond donors (Lipinski definition) is 1. The van der Waals surface area contributed by atoms with Crippen LogP contribution in [0.25, 0.3) is 0 Å². The largest absolute Gasteiger partial charge is 0.387 e. The lowest BCUT2D eigenvalue weighted by molar-refractivity contribution is 0.105. The van der Waals surface area contributed by atoms with Gasteiger partial charge in [-0.25, -0.2) is 0 Å². The van der Waals surface area contributed by atoms with Gasteiger partial charge in [0.2, 0.25) is 0 Å². The third-order valence-electron chi connectivity index (χ3n) is 4.69. The lowest BCUT2D eigenvalue weighted by Gasteiger charge is -2.32. The number of hydrogen-bond acceptors (Lipinski definition) is 3. The minimum absolute atomic E-state index is 0.388. The molecule has 0 saturated carbocycles. The molecule has 1 atom stereocenters. The van der Waals surface area contributed by atoms with E-state index in [-0.39, 0.29) is 6.10 Å². The molecule has 1 fully saturated rings.